The zero-order chi connectivity index (χ0) is 13.3. The molecule has 1 N–H and O–H groups in total. The van der Waals surface area contributed by atoms with Gasteiger partial charge in [0.2, 0.25) is 0 Å². The van der Waals surface area contributed by atoms with E-state index >= 15 is 0 Å². The maximum atomic E-state index is 13.0. The van der Waals surface area contributed by atoms with Crippen molar-refractivity contribution in [2.45, 2.75) is 37.9 Å². The molecule has 1 aromatic carbocycles. The van der Waals surface area contributed by atoms with Crippen LogP contribution in [0.25, 0.3) is 0 Å². The number of rotatable bonds is 2. The highest BCUT2D eigenvalue weighted by molar-refractivity contribution is 6.30. The summed E-state index contributed by atoms with van der Waals surface area (Å²) in [4.78, 5) is 0. The second-order valence-corrected chi connectivity index (χ2v) is 5.16. The Morgan fingerprint density at radius 1 is 1.39 bits per heavy atom. The Kier molecular flexibility index (Phi) is 3.87. The van der Waals surface area contributed by atoms with Crippen molar-refractivity contribution in [3.8, 4) is 0 Å². The van der Waals surface area contributed by atoms with Gasteiger partial charge in [0.15, 0.2) is 0 Å². The lowest BCUT2D eigenvalue weighted by molar-refractivity contribution is -0.138. The maximum Gasteiger partial charge on any atom is 0.416 e. The van der Waals surface area contributed by atoms with Crippen LogP contribution in [0, 0.1) is 0 Å². The fraction of sp³-hybridized carbons (Fsp3) is 0.538. The number of benzene rings is 1. The summed E-state index contributed by atoms with van der Waals surface area (Å²) in [6, 6.07) is 3.91. The number of alkyl halides is 3. The van der Waals surface area contributed by atoms with Crippen molar-refractivity contribution in [3.63, 3.8) is 0 Å². The molecule has 1 nitrogen and oxygen atoms in total. The van der Waals surface area contributed by atoms with Crippen LogP contribution in [0.5, 0.6) is 0 Å². The van der Waals surface area contributed by atoms with Crippen LogP contribution >= 0.6 is 11.6 Å². The van der Waals surface area contributed by atoms with Gasteiger partial charge >= 0.3 is 6.18 Å². The first kappa shape index (κ1) is 13.7. The summed E-state index contributed by atoms with van der Waals surface area (Å²) in [5.74, 6) is -0.192. The quantitative estimate of drug-likeness (QED) is 0.854. The van der Waals surface area contributed by atoms with Crippen LogP contribution < -0.4 is 5.32 Å². The first-order valence-electron chi connectivity index (χ1n) is 5.99. The molecule has 0 bridgehead atoms. The van der Waals surface area contributed by atoms with Gasteiger partial charge in [-0.25, -0.2) is 0 Å². The molecule has 2 atom stereocenters. The lowest BCUT2D eigenvalue weighted by Gasteiger charge is -2.23. The minimum absolute atomic E-state index is 0.101. The van der Waals surface area contributed by atoms with Gasteiger partial charge < -0.3 is 5.32 Å². The molecule has 0 aromatic heterocycles. The molecule has 1 fully saturated rings. The van der Waals surface area contributed by atoms with Gasteiger partial charge in [0.05, 0.1) is 5.56 Å². The van der Waals surface area contributed by atoms with Gasteiger partial charge in [0.25, 0.3) is 0 Å². The van der Waals surface area contributed by atoms with Crippen LogP contribution in [0.1, 0.15) is 36.8 Å². The zero-order valence-electron chi connectivity index (χ0n) is 10.0. The Labute approximate surface area is 109 Å². The summed E-state index contributed by atoms with van der Waals surface area (Å²) in [7, 11) is 0. The van der Waals surface area contributed by atoms with E-state index in [1.54, 1.807) is 0 Å². The van der Waals surface area contributed by atoms with Crippen LogP contribution in [0.15, 0.2) is 18.2 Å². The third-order valence-corrected chi connectivity index (χ3v) is 3.75. The van der Waals surface area contributed by atoms with E-state index in [2.05, 4.69) is 5.32 Å². The molecule has 0 saturated carbocycles. The third kappa shape index (κ3) is 2.81. The van der Waals surface area contributed by atoms with E-state index < -0.39 is 11.7 Å². The highest BCUT2D eigenvalue weighted by atomic mass is 35.5. The molecule has 1 aliphatic heterocycles. The molecular weight excluding hydrogens is 263 g/mol. The van der Waals surface area contributed by atoms with Crippen molar-refractivity contribution in [1.29, 1.82) is 0 Å². The zero-order valence-corrected chi connectivity index (χ0v) is 10.8. The fourth-order valence-corrected chi connectivity index (χ4v) is 2.70. The molecule has 0 radical (unpaired) electrons. The molecule has 1 saturated heterocycles. The molecular formula is C13H15ClF3N. The van der Waals surface area contributed by atoms with Crippen LogP contribution in [0.3, 0.4) is 0 Å². The van der Waals surface area contributed by atoms with Gasteiger partial charge in [-0.05, 0) is 49.1 Å². The van der Waals surface area contributed by atoms with Crippen LogP contribution in [0.2, 0.25) is 5.02 Å². The molecule has 0 spiro atoms. The fourth-order valence-electron chi connectivity index (χ4n) is 2.52. The van der Waals surface area contributed by atoms with E-state index in [9.17, 15) is 13.2 Å². The highest BCUT2D eigenvalue weighted by Gasteiger charge is 2.36. The Morgan fingerprint density at radius 3 is 2.67 bits per heavy atom. The Hall–Kier alpha value is -0.740. The van der Waals surface area contributed by atoms with Gasteiger partial charge in [-0.2, -0.15) is 13.2 Å². The minimum Gasteiger partial charge on any atom is -0.313 e. The molecule has 100 valence electrons. The second-order valence-electron chi connectivity index (χ2n) is 4.72. The van der Waals surface area contributed by atoms with E-state index in [0.717, 1.165) is 25.5 Å². The Balaban J connectivity index is 2.38. The molecule has 0 amide bonds. The monoisotopic (exact) mass is 277 g/mol. The van der Waals surface area contributed by atoms with E-state index in [4.69, 9.17) is 11.6 Å². The number of hydrogen-bond donors (Lipinski definition) is 1. The van der Waals surface area contributed by atoms with E-state index in [-0.39, 0.29) is 17.5 Å². The first-order valence-corrected chi connectivity index (χ1v) is 6.37. The van der Waals surface area contributed by atoms with Crippen molar-refractivity contribution < 1.29 is 13.2 Å². The summed E-state index contributed by atoms with van der Waals surface area (Å²) < 4.78 is 38.9. The van der Waals surface area contributed by atoms with Gasteiger partial charge in [-0.3, -0.25) is 0 Å². The second kappa shape index (κ2) is 5.10. The van der Waals surface area contributed by atoms with Gasteiger partial charge in [-0.15, -0.1) is 0 Å². The average molecular weight is 278 g/mol. The van der Waals surface area contributed by atoms with E-state index in [0.29, 0.717) is 5.02 Å². The summed E-state index contributed by atoms with van der Waals surface area (Å²) in [6.07, 6.45) is -2.41. The predicted molar refractivity (Wildman–Crippen MR) is 65.9 cm³/mol. The smallest absolute Gasteiger partial charge is 0.313 e. The maximum absolute atomic E-state index is 13.0. The van der Waals surface area contributed by atoms with Gasteiger partial charge in [0, 0.05) is 11.1 Å². The molecule has 1 aromatic rings. The normalized spacial score (nSPS) is 22.2. The summed E-state index contributed by atoms with van der Waals surface area (Å²) in [6.45, 7) is 2.70. The molecule has 1 heterocycles. The lowest BCUT2D eigenvalue weighted by Crippen LogP contribution is -2.28. The topological polar surface area (TPSA) is 12.0 Å². The predicted octanol–water partition coefficient (Wildman–Crippen LogP) is 4.21. The first-order chi connectivity index (χ1) is 8.39. The van der Waals surface area contributed by atoms with E-state index in [1.165, 1.54) is 12.1 Å². The molecule has 2 rings (SSSR count). The standard InChI is InChI=1S/C13H15ClF3N/c1-8(12-3-2-6-18-12)10-7-9(14)4-5-11(10)13(15,16)17/h4-5,7-8,12,18H,2-3,6H2,1H3/t8-,12?/m1/s1. The van der Waals surface area contributed by atoms with Crippen LogP contribution in [-0.2, 0) is 6.18 Å². The summed E-state index contributed by atoms with van der Waals surface area (Å²) in [5, 5.41) is 3.59. The SMILES string of the molecule is C[C@H](c1cc(Cl)ccc1C(F)(F)F)C1CCCN1. The van der Waals surface area contributed by atoms with Crippen molar-refractivity contribution in [2.75, 3.05) is 6.54 Å². The average Bonchev–Trinajstić information content (AvgIpc) is 2.79. The van der Waals surface area contributed by atoms with Crippen LogP contribution in [0.4, 0.5) is 13.2 Å². The Bertz CT molecular complexity index is 425. The van der Waals surface area contributed by atoms with Crippen molar-refractivity contribution in [2.24, 2.45) is 0 Å². The summed E-state index contributed by atoms with van der Waals surface area (Å²) >= 11 is 5.83. The van der Waals surface area contributed by atoms with Crippen molar-refractivity contribution in [1.82, 2.24) is 5.32 Å². The number of nitrogens with one attached hydrogen (secondary N) is 1. The molecule has 1 aliphatic rings. The third-order valence-electron chi connectivity index (χ3n) is 3.51. The highest BCUT2D eigenvalue weighted by Crippen LogP contribution is 2.38. The summed E-state index contributed by atoms with van der Waals surface area (Å²) in [5.41, 5.74) is -0.289. The van der Waals surface area contributed by atoms with Crippen LogP contribution in [-0.4, -0.2) is 12.6 Å². The van der Waals surface area contributed by atoms with Crippen molar-refractivity contribution >= 4 is 11.6 Å². The lowest BCUT2D eigenvalue weighted by atomic mass is 9.88. The molecule has 5 heteroatoms. The van der Waals surface area contributed by atoms with Gasteiger partial charge in [0.1, 0.15) is 0 Å². The molecule has 0 aliphatic carbocycles. The number of halogens is 4. The number of hydrogen-bond acceptors (Lipinski definition) is 1. The Morgan fingerprint density at radius 2 is 2.11 bits per heavy atom. The molecule has 1 unspecified atom stereocenters. The van der Waals surface area contributed by atoms with Gasteiger partial charge in [-0.1, -0.05) is 18.5 Å². The van der Waals surface area contributed by atoms with E-state index in [1.807, 2.05) is 6.92 Å². The minimum atomic E-state index is -4.33. The van der Waals surface area contributed by atoms with Crippen molar-refractivity contribution in [3.05, 3.63) is 34.3 Å². The largest absolute Gasteiger partial charge is 0.416 e. The molecule has 18 heavy (non-hydrogen) atoms.